The number of thiocarbonyl (C=S) groups is 1. The summed E-state index contributed by atoms with van der Waals surface area (Å²) in [7, 11) is 0. The van der Waals surface area contributed by atoms with Crippen LogP contribution in [0.4, 0.5) is 5.69 Å². The summed E-state index contributed by atoms with van der Waals surface area (Å²) in [5.74, 6) is 0.950. The maximum absolute atomic E-state index is 9.99. The van der Waals surface area contributed by atoms with E-state index in [1.54, 1.807) is 0 Å². The van der Waals surface area contributed by atoms with E-state index in [-0.39, 0.29) is 6.10 Å². The van der Waals surface area contributed by atoms with Crippen LogP contribution in [0.3, 0.4) is 0 Å². The molecular formula is C14H17ClN2OS. The Labute approximate surface area is 123 Å². The largest absolute Gasteiger partial charge is 0.393 e. The van der Waals surface area contributed by atoms with Gasteiger partial charge < -0.3 is 15.7 Å². The Morgan fingerprint density at radius 1 is 1.37 bits per heavy atom. The molecule has 1 aromatic carbocycles. The molecule has 1 aliphatic heterocycles. The van der Waals surface area contributed by atoms with Gasteiger partial charge in [0, 0.05) is 35.3 Å². The van der Waals surface area contributed by atoms with Gasteiger partial charge in [0.05, 0.1) is 6.10 Å². The van der Waals surface area contributed by atoms with E-state index in [4.69, 9.17) is 29.6 Å². The van der Waals surface area contributed by atoms with E-state index < -0.39 is 0 Å². The lowest BCUT2D eigenvalue weighted by Crippen LogP contribution is -2.26. The molecule has 0 amide bonds. The van der Waals surface area contributed by atoms with Gasteiger partial charge in [-0.3, -0.25) is 0 Å². The van der Waals surface area contributed by atoms with E-state index in [1.807, 2.05) is 18.2 Å². The molecule has 2 fully saturated rings. The van der Waals surface area contributed by atoms with Crippen molar-refractivity contribution in [3.05, 3.63) is 28.8 Å². The zero-order valence-corrected chi connectivity index (χ0v) is 12.1. The van der Waals surface area contributed by atoms with Crippen molar-refractivity contribution in [2.75, 3.05) is 18.0 Å². The van der Waals surface area contributed by atoms with Crippen LogP contribution < -0.4 is 10.6 Å². The number of halogens is 1. The summed E-state index contributed by atoms with van der Waals surface area (Å²) in [6.45, 7) is 1.82. The van der Waals surface area contributed by atoms with Gasteiger partial charge in [0.25, 0.3) is 0 Å². The van der Waals surface area contributed by atoms with Crippen molar-refractivity contribution in [1.82, 2.24) is 0 Å². The molecule has 3 atom stereocenters. The van der Waals surface area contributed by atoms with Gasteiger partial charge >= 0.3 is 0 Å². The predicted molar refractivity (Wildman–Crippen MR) is 81.8 cm³/mol. The van der Waals surface area contributed by atoms with Crippen LogP contribution in [0.25, 0.3) is 0 Å². The fraction of sp³-hybridized carbons (Fsp3) is 0.500. The van der Waals surface area contributed by atoms with Crippen LogP contribution in [0.2, 0.25) is 5.02 Å². The highest BCUT2D eigenvalue weighted by Gasteiger charge is 2.42. The zero-order valence-electron chi connectivity index (χ0n) is 10.6. The number of anilines is 1. The van der Waals surface area contributed by atoms with Gasteiger partial charge in [0.1, 0.15) is 4.99 Å². The van der Waals surface area contributed by atoms with Crippen LogP contribution in [0.1, 0.15) is 18.4 Å². The number of fused-ring (bicyclic) bond motifs is 1. The van der Waals surface area contributed by atoms with Crippen molar-refractivity contribution in [1.29, 1.82) is 0 Å². The summed E-state index contributed by atoms with van der Waals surface area (Å²) in [5.41, 5.74) is 7.66. The number of nitrogens with two attached hydrogens (primary N) is 1. The Morgan fingerprint density at radius 3 is 2.84 bits per heavy atom. The highest BCUT2D eigenvalue weighted by molar-refractivity contribution is 7.80. The fourth-order valence-electron chi connectivity index (χ4n) is 3.41. The molecule has 0 bridgehead atoms. The van der Waals surface area contributed by atoms with Crippen molar-refractivity contribution in [3.63, 3.8) is 0 Å². The van der Waals surface area contributed by atoms with E-state index in [0.717, 1.165) is 37.2 Å². The molecule has 0 spiro atoms. The number of aliphatic hydroxyl groups is 1. The minimum absolute atomic E-state index is 0.164. The smallest absolute Gasteiger partial charge is 0.106 e. The van der Waals surface area contributed by atoms with Crippen LogP contribution in [0.5, 0.6) is 0 Å². The number of hydrogen-bond acceptors (Lipinski definition) is 3. The summed E-state index contributed by atoms with van der Waals surface area (Å²) in [4.78, 5) is 2.65. The Bertz CT molecular complexity index is 522. The summed E-state index contributed by atoms with van der Waals surface area (Å²) in [6, 6.07) is 5.61. The van der Waals surface area contributed by atoms with Crippen LogP contribution in [0.15, 0.2) is 18.2 Å². The van der Waals surface area contributed by atoms with Crippen LogP contribution >= 0.6 is 23.8 Å². The molecule has 3 N–H and O–H groups in total. The highest BCUT2D eigenvalue weighted by Crippen LogP contribution is 2.41. The van der Waals surface area contributed by atoms with Crippen molar-refractivity contribution in [2.24, 2.45) is 17.6 Å². The molecule has 1 saturated carbocycles. The molecule has 0 aromatic heterocycles. The second-order valence-corrected chi connectivity index (χ2v) is 6.38. The molecule has 1 aromatic rings. The number of nitrogens with zero attached hydrogens (tertiary/aromatic N) is 1. The first-order chi connectivity index (χ1) is 9.06. The van der Waals surface area contributed by atoms with Crippen molar-refractivity contribution >= 4 is 34.5 Å². The van der Waals surface area contributed by atoms with E-state index in [1.165, 1.54) is 0 Å². The van der Waals surface area contributed by atoms with Crippen molar-refractivity contribution < 1.29 is 5.11 Å². The number of hydrogen-bond donors (Lipinski definition) is 2. The quantitative estimate of drug-likeness (QED) is 0.822. The molecule has 3 nitrogen and oxygen atoms in total. The van der Waals surface area contributed by atoms with Gasteiger partial charge in [-0.25, -0.2) is 0 Å². The van der Waals surface area contributed by atoms with E-state index >= 15 is 0 Å². The lowest BCUT2D eigenvalue weighted by Gasteiger charge is -2.23. The highest BCUT2D eigenvalue weighted by atomic mass is 35.5. The van der Waals surface area contributed by atoms with Gasteiger partial charge in [0.15, 0.2) is 0 Å². The summed E-state index contributed by atoms with van der Waals surface area (Å²) in [6.07, 6.45) is 1.87. The third kappa shape index (κ3) is 2.33. The van der Waals surface area contributed by atoms with Crippen LogP contribution in [0, 0.1) is 11.8 Å². The summed E-state index contributed by atoms with van der Waals surface area (Å²) >= 11 is 11.2. The zero-order chi connectivity index (χ0) is 13.6. The first-order valence-electron chi connectivity index (χ1n) is 6.58. The maximum atomic E-state index is 9.99. The maximum Gasteiger partial charge on any atom is 0.106 e. The monoisotopic (exact) mass is 296 g/mol. The molecule has 1 heterocycles. The van der Waals surface area contributed by atoms with E-state index in [0.29, 0.717) is 21.8 Å². The normalized spacial score (nSPS) is 29.6. The molecular weight excluding hydrogens is 280 g/mol. The van der Waals surface area contributed by atoms with Crippen LogP contribution in [-0.2, 0) is 0 Å². The fourth-order valence-corrected chi connectivity index (χ4v) is 3.75. The first-order valence-corrected chi connectivity index (χ1v) is 7.37. The standard InChI is InChI=1S/C14H17ClN2OS/c15-9-2-3-10(14(16)19)12(5-9)17-6-8-1-4-13(18)11(8)7-17/h2-3,5,8,11,13,18H,1,4,6-7H2,(H2,16,19). The molecule has 0 radical (unpaired) electrons. The third-order valence-corrected chi connectivity index (χ3v) is 4.84. The number of rotatable bonds is 2. The number of aliphatic hydroxyl groups excluding tert-OH is 1. The van der Waals surface area contributed by atoms with Gasteiger partial charge in [-0.05, 0) is 37.0 Å². The first kappa shape index (κ1) is 13.2. The Balaban J connectivity index is 1.91. The number of benzene rings is 1. The van der Waals surface area contributed by atoms with Crippen molar-refractivity contribution in [2.45, 2.75) is 18.9 Å². The average Bonchev–Trinajstić information content (AvgIpc) is 2.91. The SMILES string of the molecule is NC(=S)c1ccc(Cl)cc1N1CC2CCC(O)C2C1. The molecule has 2 aliphatic rings. The minimum atomic E-state index is -0.164. The summed E-state index contributed by atoms with van der Waals surface area (Å²) in [5, 5.41) is 10.7. The van der Waals surface area contributed by atoms with Gasteiger partial charge in [-0.15, -0.1) is 0 Å². The van der Waals surface area contributed by atoms with Crippen LogP contribution in [-0.4, -0.2) is 29.3 Å². The molecule has 5 heteroatoms. The molecule has 19 heavy (non-hydrogen) atoms. The predicted octanol–water partition coefficient (Wildman–Crippen LogP) is 2.18. The lowest BCUT2D eigenvalue weighted by molar-refractivity contribution is 0.133. The van der Waals surface area contributed by atoms with Gasteiger partial charge in [-0.1, -0.05) is 23.8 Å². The molecule has 1 saturated heterocycles. The minimum Gasteiger partial charge on any atom is -0.393 e. The summed E-state index contributed by atoms with van der Waals surface area (Å²) < 4.78 is 0. The van der Waals surface area contributed by atoms with Gasteiger partial charge in [0.2, 0.25) is 0 Å². The van der Waals surface area contributed by atoms with E-state index in [9.17, 15) is 5.11 Å². The Hall–Kier alpha value is -0.840. The Morgan fingerprint density at radius 2 is 2.16 bits per heavy atom. The van der Waals surface area contributed by atoms with Gasteiger partial charge in [-0.2, -0.15) is 0 Å². The topological polar surface area (TPSA) is 49.5 Å². The molecule has 3 unspecified atom stereocenters. The second-order valence-electron chi connectivity index (χ2n) is 5.50. The van der Waals surface area contributed by atoms with Crippen molar-refractivity contribution in [3.8, 4) is 0 Å². The Kier molecular flexibility index (Phi) is 3.41. The van der Waals surface area contributed by atoms with E-state index in [2.05, 4.69) is 4.90 Å². The molecule has 3 rings (SSSR count). The third-order valence-electron chi connectivity index (χ3n) is 4.38. The molecule has 1 aliphatic carbocycles. The average molecular weight is 297 g/mol. The lowest BCUT2D eigenvalue weighted by atomic mass is 10.00. The molecule has 102 valence electrons. The second kappa shape index (κ2) is 4.93.